The number of aliphatic carboxylic acids is 1. The number of halogens is 1. The molecule has 0 aliphatic carbocycles. The van der Waals surface area contributed by atoms with Crippen LogP contribution in [0.15, 0.2) is 18.2 Å². The lowest BCUT2D eigenvalue weighted by atomic mass is 10.0. The number of fused-ring (bicyclic) bond motifs is 1. The average Bonchev–Trinajstić information content (AvgIpc) is 2.45. The molecule has 6 nitrogen and oxygen atoms in total. The van der Waals surface area contributed by atoms with Crippen molar-refractivity contribution in [1.29, 1.82) is 0 Å². The van der Waals surface area contributed by atoms with E-state index in [0.29, 0.717) is 24.2 Å². The zero-order valence-corrected chi connectivity index (χ0v) is 11.2. The number of ether oxygens (including phenoxy) is 1. The molecule has 0 saturated carbocycles. The molecule has 1 aliphatic rings. The Morgan fingerprint density at radius 1 is 1.48 bits per heavy atom. The Bertz CT molecular complexity index is 548. The number of carbonyl (C=O) groups is 2. The lowest BCUT2D eigenvalue weighted by Crippen LogP contribution is -2.48. The summed E-state index contributed by atoms with van der Waals surface area (Å²) in [6.45, 7) is -0.342. The van der Waals surface area contributed by atoms with Crippen molar-refractivity contribution in [2.75, 3.05) is 6.61 Å². The van der Waals surface area contributed by atoms with Crippen molar-refractivity contribution in [3.63, 3.8) is 0 Å². The summed E-state index contributed by atoms with van der Waals surface area (Å²) in [6.07, 6.45) is -0.0739. The molecule has 1 amide bonds. The molecular weight excluding hydrogens is 281 g/mol. The van der Waals surface area contributed by atoms with Crippen LogP contribution in [0.3, 0.4) is 0 Å². The fourth-order valence-electron chi connectivity index (χ4n) is 2.19. The van der Waals surface area contributed by atoms with Crippen molar-refractivity contribution < 1.29 is 28.9 Å². The van der Waals surface area contributed by atoms with Gasteiger partial charge in [0.15, 0.2) is 6.10 Å². The Morgan fingerprint density at radius 3 is 2.90 bits per heavy atom. The van der Waals surface area contributed by atoms with Crippen LogP contribution < -0.4 is 10.1 Å². The smallest absolute Gasteiger partial charge is 0.326 e. The van der Waals surface area contributed by atoms with Gasteiger partial charge in [-0.05, 0) is 36.6 Å². The van der Waals surface area contributed by atoms with Crippen LogP contribution in [0.4, 0.5) is 4.39 Å². The van der Waals surface area contributed by atoms with E-state index in [-0.39, 0.29) is 18.8 Å². The number of nitrogens with one attached hydrogen (secondary N) is 1. The maximum absolute atomic E-state index is 13.1. The fourth-order valence-corrected chi connectivity index (χ4v) is 2.19. The molecule has 0 bridgehead atoms. The van der Waals surface area contributed by atoms with E-state index in [0.717, 1.165) is 0 Å². The van der Waals surface area contributed by atoms with Gasteiger partial charge in [0.05, 0.1) is 0 Å². The van der Waals surface area contributed by atoms with E-state index in [1.165, 1.54) is 18.2 Å². The molecule has 2 rings (SSSR count). The molecule has 1 aliphatic heterocycles. The summed E-state index contributed by atoms with van der Waals surface area (Å²) >= 11 is 0. The molecule has 1 unspecified atom stereocenters. The Balaban J connectivity index is 2.01. The molecule has 21 heavy (non-hydrogen) atoms. The molecule has 0 saturated heterocycles. The molecule has 3 N–H and O–H groups in total. The van der Waals surface area contributed by atoms with Crippen molar-refractivity contribution >= 4 is 11.9 Å². The van der Waals surface area contributed by atoms with Crippen LogP contribution in [0.5, 0.6) is 5.75 Å². The highest BCUT2D eigenvalue weighted by Gasteiger charge is 2.29. The van der Waals surface area contributed by atoms with Crippen molar-refractivity contribution in [3.05, 3.63) is 29.6 Å². The number of amides is 1. The highest BCUT2D eigenvalue weighted by molar-refractivity contribution is 5.86. The molecule has 0 spiro atoms. The van der Waals surface area contributed by atoms with Gasteiger partial charge in [0.2, 0.25) is 0 Å². The molecule has 0 radical (unpaired) electrons. The first-order valence-electron chi connectivity index (χ1n) is 6.60. The predicted molar refractivity (Wildman–Crippen MR) is 70.4 cm³/mol. The maximum Gasteiger partial charge on any atom is 0.326 e. The highest BCUT2D eigenvalue weighted by Crippen LogP contribution is 2.28. The van der Waals surface area contributed by atoms with Gasteiger partial charge >= 0.3 is 5.97 Å². The molecule has 1 aromatic rings. The molecule has 0 aromatic heterocycles. The second-order valence-electron chi connectivity index (χ2n) is 4.81. The zero-order valence-electron chi connectivity index (χ0n) is 11.2. The van der Waals surface area contributed by atoms with Crippen LogP contribution in [0.2, 0.25) is 0 Å². The summed E-state index contributed by atoms with van der Waals surface area (Å²) in [5.74, 6) is -1.70. The monoisotopic (exact) mass is 297 g/mol. The van der Waals surface area contributed by atoms with Crippen LogP contribution >= 0.6 is 0 Å². The lowest BCUT2D eigenvalue weighted by molar-refractivity contribution is -0.143. The summed E-state index contributed by atoms with van der Waals surface area (Å²) in [5, 5.41) is 20.0. The molecule has 1 aromatic carbocycles. The largest absolute Gasteiger partial charge is 0.480 e. The van der Waals surface area contributed by atoms with Crippen molar-refractivity contribution in [2.45, 2.75) is 31.4 Å². The Labute approximate surface area is 120 Å². The second-order valence-corrected chi connectivity index (χ2v) is 4.81. The van der Waals surface area contributed by atoms with Gasteiger partial charge in [-0.2, -0.15) is 0 Å². The van der Waals surface area contributed by atoms with E-state index in [2.05, 4.69) is 5.32 Å². The zero-order chi connectivity index (χ0) is 15.4. The minimum atomic E-state index is -1.21. The van der Waals surface area contributed by atoms with Gasteiger partial charge in [0.25, 0.3) is 5.91 Å². The van der Waals surface area contributed by atoms with E-state index >= 15 is 0 Å². The fraction of sp³-hybridized carbons (Fsp3) is 0.429. The SMILES string of the molecule is O=C(N[C@@H](CCO)C(=O)O)C1CCc2cc(F)ccc2O1. The molecule has 0 fully saturated rings. The number of benzene rings is 1. The van der Waals surface area contributed by atoms with E-state index in [1.54, 1.807) is 0 Å². The number of carboxylic acid groups (broad SMARTS) is 1. The van der Waals surface area contributed by atoms with Gasteiger partial charge in [-0.3, -0.25) is 4.79 Å². The van der Waals surface area contributed by atoms with Gasteiger partial charge < -0.3 is 20.3 Å². The summed E-state index contributed by atoms with van der Waals surface area (Å²) in [6, 6.07) is 2.90. The topological polar surface area (TPSA) is 95.9 Å². The molecule has 1 heterocycles. The number of rotatable bonds is 5. The first-order chi connectivity index (χ1) is 10.0. The first-order valence-corrected chi connectivity index (χ1v) is 6.60. The van der Waals surface area contributed by atoms with E-state index in [1.807, 2.05) is 0 Å². The number of hydrogen-bond acceptors (Lipinski definition) is 4. The number of carbonyl (C=O) groups excluding carboxylic acids is 1. The van der Waals surface area contributed by atoms with E-state index < -0.39 is 24.0 Å². The summed E-state index contributed by atoms with van der Waals surface area (Å²) < 4.78 is 18.5. The van der Waals surface area contributed by atoms with Gasteiger partial charge in [0, 0.05) is 13.0 Å². The standard InChI is InChI=1S/C14H16FNO5/c15-9-2-4-11-8(7-9)1-3-12(21-11)13(18)16-10(5-6-17)14(19)20/h2,4,7,10,12,17H,1,3,5-6H2,(H,16,18)(H,19,20)/t10-,12?/m0/s1. The van der Waals surface area contributed by atoms with Crippen molar-refractivity contribution in [2.24, 2.45) is 0 Å². The average molecular weight is 297 g/mol. The highest BCUT2D eigenvalue weighted by atomic mass is 19.1. The quantitative estimate of drug-likeness (QED) is 0.734. The van der Waals surface area contributed by atoms with Crippen LogP contribution in [0, 0.1) is 5.82 Å². The molecule has 114 valence electrons. The van der Waals surface area contributed by atoms with Gasteiger partial charge in [-0.1, -0.05) is 0 Å². The molecule has 2 atom stereocenters. The number of aliphatic hydroxyl groups excluding tert-OH is 1. The number of hydrogen-bond donors (Lipinski definition) is 3. The Hall–Kier alpha value is -2.15. The summed E-state index contributed by atoms with van der Waals surface area (Å²) in [7, 11) is 0. The Morgan fingerprint density at radius 2 is 2.24 bits per heavy atom. The van der Waals surface area contributed by atoms with Crippen LogP contribution in [-0.4, -0.2) is 40.8 Å². The van der Waals surface area contributed by atoms with Crippen LogP contribution in [0.1, 0.15) is 18.4 Å². The van der Waals surface area contributed by atoms with Gasteiger partial charge in [-0.15, -0.1) is 0 Å². The molecular formula is C14H16FNO5. The third kappa shape index (κ3) is 3.69. The maximum atomic E-state index is 13.1. The second kappa shape index (κ2) is 6.53. The third-order valence-corrected chi connectivity index (χ3v) is 3.29. The predicted octanol–water partition coefficient (Wildman–Crippen LogP) is 0.471. The third-order valence-electron chi connectivity index (χ3n) is 3.29. The normalized spacial score (nSPS) is 18.3. The number of carboxylic acids is 1. The van der Waals surface area contributed by atoms with Crippen LogP contribution in [-0.2, 0) is 16.0 Å². The summed E-state index contributed by atoms with van der Waals surface area (Å²) in [4.78, 5) is 22.9. The van der Waals surface area contributed by atoms with Crippen LogP contribution in [0.25, 0.3) is 0 Å². The van der Waals surface area contributed by atoms with Gasteiger partial charge in [0.1, 0.15) is 17.6 Å². The van der Waals surface area contributed by atoms with Crippen molar-refractivity contribution in [3.8, 4) is 5.75 Å². The number of aryl methyl sites for hydroxylation is 1. The minimum absolute atomic E-state index is 0.0738. The summed E-state index contributed by atoms with van der Waals surface area (Å²) in [5.41, 5.74) is 0.684. The van der Waals surface area contributed by atoms with Gasteiger partial charge in [-0.25, -0.2) is 9.18 Å². The minimum Gasteiger partial charge on any atom is -0.480 e. The number of aliphatic hydroxyl groups is 1. The molecule has 7 heteroatoms. The van der Waals surface area contributed by atoms with E-state index in [4.69, 9.17) is 14.9 Å². The van der Waals surface area contributed by atoms with E-state index in [9.17, 15) is 14.0 Å². The Kier molecular flexibility index (Phi) is 4.74. The first kappa shape index (κ1) is 15.2. The lowest BCUT2D eigenvalue weighted by Gasteiger charge is -2.26. The van der Waals surface area contributed by atoms with Crippen molar-refractivity contribution in [1.82, 2.24) is 5.32 Å².